The highest BCUT2D eigenvalue weighted by molar-refractivity contribution is 9.10. The maximum atomic E-state index is 9.55. The predicted molar refractivity (Wildman–Crippen MR) is 90.4 cm³/mol. The molecule has 1 aromatic carbocycles. The van der Waals surface area contributed by atoms with E-state index in [9.17, 15) is 5.11 Å². The summed E-state index contributed by atoms with van der Waals surface area (Å²) in [5, 5.41) is 13.1. The monoisotopic (exact) mass is 357 g/mol. The summed E-state index contributed by atoms with van der Waals surface area (Å²) in [6, 6.07) is 9.14. The number of aliphatic hydroxyl groups excluding tert-OH is 1. The van der Waals surface area contributed by atoms with Crippen molar-refractivity contribution in [2.24, 2.45) is 0 Å². The van der Waals surface area contributed by atoms with Crippen molar-refractivity contribution in [2.75, 3.05) is 12.4 Å². The zero-order valence-corrected chi connectivity index (χ0v) is 14.5. The van der Waals surface area contributed by atoms with Crippen molar-refractivity contribution in [1.29, 1.82) is 0 Å². The van der Waals surface area contributed by atoms with Gasteiger partial charge in [0, 0.05) is 20.9 Å². The van der Waals surface area contributed by atoms with Crippen molar-refractivity contribution in [3.05, 3.63) is 28.7 Å². The van der Waals surface area contributed by atoms with E-state index in [0.717, 1.165) is 16.6 Å². The Balaban J connectivity index is 1.61. The van der Waals surface area contributed by atoms with Crippen LogP contribution in [-0.2, 0) is 0 Å². The van der Waals surface area contributed by atoms with Crippen LogP contribution >= 0.6 is 27.7 Å². The van der Waals surface area contributed by atoms with E-state index in [0.29, 0.717) is 6.04 Å². The minimum Gasteiger partial charge on any atom is -0.394 e. The van der Waals surface area contributed by atoms with Gasteiger partial charge in [0.15, 0.2) is 0 Å². The van der Waals surface area contributed by atoms with Gasteiger partial charge in [0.05, 0.1) is 6.61 Å². The third-order valence-corrected chi connectivity index (χ3v) is 5.31. The molecule has 1 saturated carbocycles. The van der Waals surface area contributed by atoms with Gasteiger partial charge in [0.2, 0.25) is 0 Å². The smallest absolute Gasteiger partial charge is 0.0610 e. The third-order valence-electron chi connectivity index (χ3n) is 3.68. The zero-order valence-electron chi connectivity index (χ0n) is 12.1. The molecule has 2 nitrogen and oxygen atoms in total. The summed E-state index contributed by atoms with van der Waals surface area (Å²) < 4.78 is 1.13. The van der Waals surface area contributed by atoms with E-state index >= 15 is 0 Å². The molecule has 112 valence electrons. The number of unbranched alkanes of at least 4 members (excludes halogenated alkanes) is 1. The molecule has 1 fully saturated rings. The van der Waals surface area contributed by atoms with Crippen LogP contribution in [0.15, 0.2) is 33.6 Å². The first-order valence-corrected chi connectivity index (χ1v) is 9.16. The van der Waals surface area contributed by atoms with Crippen molar-refractivity contribution >= 4 is 27.7 Å². The molecule has 0 saturated heterocycles. The van der Waals surface area contributed by atoms with Crippen molar-refractivity contribution < 1.29 is 5.11 Å². The van der Waals surface area contributed by atoms with Crippen LogP contribution < -0.4 is 5.32 Å². The Kier molecular flexibility index (Phi) is 6.40. The summed E-state index contributed by atoms with van der Waals surface area (Å²) in [6.07, 6.45) is 5.97. The molecule has 1 aliphatic carbocycles. The molecule has 1 atom stereocenters. The summed E-state index contributed by atoms with van der Waals surface area (Å²) >= 11 is 5.36. The fraction of sp³-hybridized carbons (Fsp3) is 0.625. The lowest BCUT2D eigenvalue weighted by Crippen LogP contribution is -2.46. The minimum absolute atomic E-state index is 0.0799. The lowest BCUT2D eigenvalue weighted by Gasteiger charge is -2.29. The van der Waals surface area contributed by atoms with Gasteiger partial charge in [-0.05, 0) is 62.6 Å². The lowest BCUT2D eigenvalue weighted by molar-refractivity contribution is 0.161. The van der Waals surface area contributed by atoms with Gasteiger partial charge >= 0.3 is 0 Å². The Hall–Kier alpha value is -0.0300. The lowest BCUT2D eigenvalue weighted by atomic mass is 9.96. The number of nitrogens with one attached hydrogen (secondary N) is 1. The highest BCUT2D eigenvalue weighted by Gasteiger charge is 2.31. The predicted octanol–water partition coefficient (Wildman–Crippen LogP) is 4.21. The Morgan fingerprint density at radius 2 is 2.00 bits per heavy atom. The van der Waals surface area contributed by atoms with Gasteiger partial charge in [-0.2, -0.15) is 0 Å². The molecule has 1 unspecified atom stereocenters. The molecule has 0 radical (unpaired) electrons. The fourth-order valence-corrected chi connectivity index (χ4v) is 3.43. The number of thioether (sulfide) groups is 1. The summed E-state index contributed by atoms with van der Waals surface area (Å²) in [4.78, 5) is 1.33. The average Bonchev–Trinajstić information content (AvgIpc) is 3.24. The molecular formula is C16H24BrNOS. The highest BCUT2D eigenvalue weighted by Crippen LogP contribution is 2.26. The van der Waals surface area contributed by atoms with Crippen molar-refractivity contribution in [3.63, 3.8) is 0 Å². The largest absolute Gasteiger partial charge is 0.394 e. The van der Waals surface area contributed by atoms with Gasteiger partial charge in [0.25, 0.3) is 0 Å². The first-order chi connectivity index (χ1) is 9.61. The minimum atomic E-state index is -0.0799. The third kappa shape index (κ3) is 5.76. The Bertz CT molecular complexity index is 407. The van der Waals surface area contributed by atoms with Crippen molar-refractivity contribution in [3.8, 4) is 0 Å². The van der Waals surface area contributed by atoms with Crippen molar-refractivity contribution in [1.82, 2.24) is 5.32 Å². The van der Waals surface area contributed by atoms with E-state index in [1.807, 2.05) is 11.8 Å². The first-order valence-electron chi connectivity index (χ1n) is 7.38. The van der Waals surface area contributed by atoms with E-state index in [4.69, 9.17) is 0 Å². The van der Waals surface area contributed by atoms with Gasteiger partial charge in [-0.3, -0.25) is 0 Å². The van der Waals surface area contributed by atoms with Crippen LogP contribution in [0.4, 0.5) is 0 Å². The van der Waals surface area contributed by atoms with Gasteiger partial charge in [-0.1, -0.05) is 22.4 Å². The molecule has 0 bridgehead atoms. The molecule has 0 aromatic heterocycles. The Morgan fingerprint density at radius 1 is 1.30 bits per heavy atom. The zero-order chi connectivity index (χ0) is 14.4. The highest BCUT2D eigenvalue weighted by atomic mass is 79.9. The summed E-state index contributed by atoms with van der Waals surface area (Å²) in [5.74, 6) is 1.15. The number of benzene rings is 1. The van der Waals surface area contributed by atoms with Crippen LogP contribution in [0, 0.1) is 0 Å². The maximum absolute atomic E-state index is 9.55. The Morgan fingerprint density at radius 3 is 2.60 bits per heavy atom. The molecule has 2 N–H and O–H groups in total. The molecule has 0 spiro atoms. The van der Waals surface area contributed by atoms with E-state index in [-0.39, 0.29) is 12.1 Å². The van der Waals surface area contributed by atoms with E-state index in [2.05, 4.69) is 52.4 Å². The molecule has 0 aliphatic heterocycles. The van der Waals surface area contributed by atoms with Crippen LogP contribution in [0.2, 0.25) is 0 Å². The second kappa shape index (κ2) is 7.83. The van der Waals surface area contributed by atoms with E-state index < -0.39 is 0 Å². The normalized spacial score (nSPS) is 17.9. The molecule has 0 amide bonds. The first kappa shape index (κ1) is 16.3. The van der Waals surface area contributed by atoms with Crippen LogP contribution in [0.5, 0.6) is 0 Å². The molecule has 2 rings (SSSR count). The van der Waals surface area contributed by atoms with Crippen LogP contribution in [0.25, 0.3) is 0 Å². The molecule has 4 heteroatoms. The molecular weight excluding hydrogens is 334 g/mol. The van der Waals surface area contributed by atoms with E-state index in [1.165, 1.54) is 30.6 Å². The number of hydrogen-bond acceptors (Lipinski definition) is 3. The van der Waals surface area contributed by atoms with Crippen molar-refractivity contribution in [2.45, 2.75) is 55.5 Å². The number of hydrogen-bond donors (Lipinski definition) is 2. The van der Waals surface area contributed by atoms with Gasteiger partial charge in [-0.25, -0.2) is 0 Å². The quantitative estimate of drug-likeness (QED) is 0.512. The molecule has 20 heavy (non-hydrogen) atoms. The average molecular weight is 358 g/mol. The SMILES string of the molecule is CC(CO)(CCCCSc1ccc(Br)cc1)NC1CC1. The maximum Gasteiger partial charge on any atom is 0.0610 e. The number of rotatable bonds is 9. The second-order valence-electron chi connectivity index (χ2n) is 5.90. The van der Waals surface area contributed by atoms with Gasteiger partial charge in [0.1, 0.15) is 0 Å². The molecule has 0 heterocycles. The molecule has 1 aliphatic rings. The summed E-state index contributed by atoms with van der Waals surface area (Å²) in [7, 11) is 0. The number of halogens is 1. The summed E-state index contributed by atoms with van der Waals surface area (Å²) in [5.41, 5.74) is -0.0799. The second-order valence-corrected chi connectivity index (χ2v) is 7.98. The van der Waals surface area contributed by atoms with Crippen LogP contribution in [-0.4, -0.2) is 29.0 Å². The fourth-order valence-electron chi connectivity index (χ4n) is 2.26. The number of aliphatic hydroxyl groups is 1. The molecule has 1 aromatic rings. The van der Waals surface area contributed by atoms with Gasteiger partial charge < -0.3 is 10.4 Å². The van der Waals surface area contributed by atoms with Crippen LogP contribution in [0.3, 0.4) is 0 Å². The Labute approximate surface area is 134 Å². The topological polar surface area (TPSA) is 32.3 Å². The summed E-state index contributed by atoms with van der Waals surface area (Å²) in [6.45, 7) is 2.39. The van der Waals surface area contributed by atoms with Crippen LogP contribution in [0.1, 0.15) is 39.0 Å². The van der Waals surface area contributed by atoms with E-state index in [1.54, 1.807) is 0 Å². The van der Waals surface area contributed by atoms with Gasteiger partial charge in [-0.15, -0.1) is 11.8 Å². The standard InChI is InChI=1S/C16H24BrNOS/c1-16(12-19,18-14-6-7-14)10-2-3-11-20-15-8-4-13(17)5-9-15/h4-5,8-9,14,18-19H,2-3,6-7,10-12H2,1H3.